The van der Waals surface area contributed by atoms with Gasteiger partial charge in [-0.05, 0) is 43.0 Å². The topological polar surface area (TPSA) is 105 Å². The van der Waals surface area contributed by atoms with Gasteiger partial charge in [0.1, 0.15) is 0 Å². The summed E-state index contributed by atoms with van der Waals surface area (Å²) >= 11 is 0. The van der Waals surface area contributed by atoms with Crippen LogP contribution in [-0.4, -0.2) is 26.9 Å². The molecule has 0 amide bonds. The Bertz CT molecular complexity index is 608. The highest BCUT2D eigenvalue weighted by atomic mass is 16.5. The molecule has 0 fully saturated rings. The fraction of sp³-hybridized carbons (Fsp3) is 0.467. The minimum atomic E-state index is -0.206. The Labute approximate surface area is 123 Å². The third kappa shape index (κ3) is 3.95. The molecule has 1 heterocycles. The van der Waals surface area contributed by atoms with E-state index in [-0.39, 0.29) is 16.9 Å². The Morgan fingerprint density at radius 2 is 1.95 bits per heavy atom. The van der Waals surface area contributed by atoms with Gasteiger partial charge >= 0.3 is 0 Å². The van der Waals surface area contributed by atoms with Crippen molar-refractivity contribution in [3.63, 3.8) is 0 Å². The van der Waals surface area contributed by atoms with E-state index in [9.17, 15) is 10.2 Å². The lowest BCUT2D eigenvalue weighted by Gasteiger charge is -2.22. The molecule has 0 atom stereocenters. The average molecular weight is 291 g/mol. The molecule has 114 valence electrons. The van der Waals surface area contributed by atoms with Gasteiger partial charge in [0.25, 0.3) is 0 Å². The molecular weight excluding hydrogens is 270 g/mol. The molecule has 0 aliphatic carbocycles. The van der Waals surface area contributed by atoms with Crippen molar-refractivity contribution in [1.82, 2.24) is 10.1 Å². The maximum atomic E-state index is 9.49. The largest absolute Gasteiger partial charge is 0.504 e. The highest BCUT2D eigenvalue weighted by Crippen LogP contribution is 2.30. The predicted molar refractivity (Wildman–Crippen MR) is 78.8 cm³/mol. The molecule has 1 aromatic heterocycles. The van der Waals surface area contributed by atoms with Crippen LogP contribution in [0, 0.1) is 5.41 Å². The summed E-state index contributed by atoms with van der Waals surface area (Å²) in [5.74, 6) is 0.577. The van der Waals surface area contributed by atoms with Gasteiger partial charge in [-0.15, -0.1) is 0 Å². The molecule has 6 heteroatoms. The number of nitrogens with two attached hydrogens (primary N) is 1. The normalized spacial score (nSPS) is 11.8. The van der Waals surface area contributed by atoms with Crippen molar-refractivity contribution < 1.29 is 14.7 Å². The lowest BCUT2D eigenvalue weighted by Crippen LogP contribution is -2.17. The lowest BCUT2D eigenvalue weighted by molar-refractivity contribution is 0.289. The Morgan fingerprint density at radius 3 is 2.62 bits per heavy atom. The van der Waals surface area contributed by atoms with Gasteiger partial charge in [0, 0.05) is 12.0 Å². The van der Waals surface area contributed by atoms with Crippen LogP contribution in [0.3, 0.4) is 0 Å². The molecule has 0 bridgehead atoms. The Kier molecular flexibility index (Phi) is 4.47. The average Bonchev–Trinajstić information content (AvgIpc) is 2.89. The summed E-state index contributed by atoms with van der Waals surface area (Å²) in [6.45, 7) is 4.99. The monoisotopic (exact) mass is 291 g/mol. The van der Waals surface area contributed by atoms with Crippen LogP contribution >= 0.6 is 0 Å². The summed E-state index contributed by atoms with van der Waals surface area (Å²) in [7, 11) is 0. The highest BCUT2D eigenvalue weighted by molar-refractivity contribution is 5.59. The minimum Gasteiger partial charge on any atom is -0.504 e. The molecule has 1 aromatic carbocycles. The number of phenolic OH excluding ortho intramolecular Hbond substituents is 2. The van der Waals surface area contributed by atoms with Crippen LogP contribution in [0.25, 0.3) is 11.4 Å². The number of hydrogen-bond donors (Lipinski definition) is 3. The first-order valence-corrected chi connectivity index (χ1v) is 6.96. The molecule has 2 aromatic rings. The second kappa shape index (κ2) is 6.13. The van der Waals surface area contributed by atoms with E-state index in [1.54, 1.807) is 6.07 Å². The quantitative estimate of drug-likeness (QED) is 0.706. The van der Waals surface area contributed by atoms with E-state index in [0.717, 1.165) is 12.8 Å². The third-order valence-electron chi connectivity index (χ3n) is 3.54. The van der Waals surface area contributed by atoms with Gasteiger partial charge in [-0.2, -0.15) is 4.98 Å². The van der Waals surface area contributed by atoms with Crippen LogP contribution < -0.4 is 5.73 Å². The molecule has 0 aliphatic heterocycles. The summed E-state index contributed by atoms with van der Waals surface area (Å²) in [6, 6.07) is 4.43. The maximum absolute atomic E-state index is 9.49. The predicted octanol–water partition coefficient (Wildman–Crippen LogP) is 2.46. The maximum Gasteiger partial charge on any atom is 0.226 e. The van der Waals surface area contributed by atoms with Crippen molar-refractivity contribution in [2.75, 3.05) is 6.54 Å². The first-order chi connectivity index (χ1) is 9.91. The van der Waals surface area contributed by atoms with E-state index in [2.05, 4.69) is 24.0 Å². The number of nitrogens with zero attached hydrogens (tertiary/aromatic N) is 2. The van der Waals surface area contributed by atoms with Crippen LogP contribution in [-0.2, 0) is 6.42 Å². The van der Waals surface area contributed by atoms with Gasteiger partial charge in [0.15, 0.2) is 11.5 Å². The molecule has 0 radical (unpaired) electrons. The molecular formula is C15H21N3O3. The first kappa shape index (κ1) is 15.3. The molecule has 6 nitrogen and oxygen atoms in total. The number of aryl methyl sites for hydroxylation is 1. The third-order valence-corrected chi connectivity index (χ3v) is 3.54. The number of rotatable bonds is 6. The summed E-state index contributed by atoms with van der Waals surface area (Å²) in [5, 5.41) is 22.7. The Balaban J connectivity index is 2.06. The molecule has 0 saturated carbocycles. The number of hydrogen-bond acceptors (Lipinski definition) is 6. The van der Waals surface area contributed by atoms with Crippen molar-refractivity contribution in [3.05, 3.63) is 24.1 Å². The minimum absolute atomic E-state index is 0.139. The Morgan fingerprint density at radius 1 is 1.19 bits per heavy atom. The molecule has 21 heavy (non-hydrogen) atoms. The smallest absolute Gasteiger partial charge is 0.226 e. The van der Waals surface area contributed by atoms with Gasteiger partial charge in [-0.3, -0.25) is 0 Å². The second-order valence-corrected chi connectivity index (χ2v) is 5.92. The van der Waals surface area contributed by atoms with Crippen molar-refractivity contribution in [1.29, 1.82) is 0 Å². The fourth-order valence-corrected chi connectivity index (χ4v) is 2.10. The van der Waals surface area contributed by atoms with Crippen LogP contribution in [0.15, 0.2) is 22.7 Å². The summed E-state index contributed by atoms with van der Waals surface area (Å²) in [5.41, 5.74) is 6.33. The second-order valence-electron chi connectivity index (χ2n) is 5.92. The van der Waals surface area contributed by atoms with E-state index in [1.807, 2.05) is 0 Å². The molecule has 0 unspecified atom stereocenters. The van der Waals surface area contributed by atoms with Crippen molar-refractivity contribution in [3.8, 4) is 22.9 Å². The number of benzene rings is 1. The Hall–Kier alpha value is -2.08. The van der Waals surface area contributed by atoms with E-state index >= 15 is 0 Å². The molecule has 4 N–H and O–H groups in total. The number of aromatic nitrogens is 2. The molecule has 0 spiro atoms. The van der Waals surface area contributed by atoms with Crippen molar-refractivity contribution in [2.45, 2.75) is 33.1 Å². The van der Waals surface area contributed by atoms with Crippen molar-refractivity contribution in [2.24, 2.45) is 11.1 Å². The number of phenols is 2. The van der Waals surface area contributed by atoms with Gasteiger partial charge in [0.2, 0.25) is 11.7 Å². The standard InChI is InChI=1S/C15H21N3O3/c1-15(2,7-8-16)6-5-13-17-14(18-21-13)10-3-4-11(19)12(20)9-10/h3-4,9,19-20H,5-8,16H2,1-2H3. The van der Waals surface area contributed by atoms with Crippen LogP contribution in [0.5, 0.6) is 11.5 Å². The molecule has 0 saturated heterocycles. The van der Waals surface area contributed by atoms with Crippen molar-refractivity contribution >= 4 is 0 Å². The van der Waals surface area contributed by atoms with E-state index in [4.69, 9.17) is 10.3 Å². The lowest BCUT2D eigenvalue weighted by atomic mass is 9.84. The fourth-order valence-electron chi connectivity index (χ4n) is 2.10. The van der Waals surface area contributed by atoms with Gasteiger partial charge < -0.3 is 20.5 Å². The highest BCUT2D eigenvalue weighted by Gasteiger charge is 2.19. The summed E-state index contributed by atoms with van der Waals surface area (Å²) in [4.78, 5) is 4.31. The summed E-state index contributed by atoms with van der Waals surface area (Å²) in [6.07, 6.45) is 2.54. The van der Waals surface area contributed by atoms with E-state index in [1.165, 1.54) is 12.1 Å². The van der Waals surface area contributed by atoms with Crippen LogP contribution in [0.2, 0.25) is 0 Å². The molecule has 2 rings (SSSR count). The zero-order valence-corrected chi connectivity index (χ0v) is 12.3. The van der Waals surface area contributed by atoms with Gasteiger partial charge in [0.05, 0.1) is 0 Å². The SMILES string of the molecule is CC(C)(CCN)CCc1nc(-c2ccc(O)c(O)c2)no1. The van der Waals surface area contributed by atoms with E-state index in [0.29, 0.717) is 30.2 Å². The van der Waals surface area contributed by atoms with Crippen LogP contribution in [0.1, 0.15) is 32.6 Å². The first-order valence-electron chi connectivity index (χ1n) is 6.96. The van der Waals surface area contributed by atoms with Gasteiger partial charge in [-0.1, -0.05) is 19.0 Å². The van der Waals surface area contributed by atoms with Gasteiger partial charge in [-0.25, -0.2) is 0 Å². The zero-order valence-electron chi connectivity index (χ0n) is 12.3. The summed E-state index contributed by atoms with van der Waals surface area (Å²) < 4.78 is 5.23. The van der Waals surface area contributed by atoms with E-state index < -0.39 is 0 Å². The molecule has 0 aliphatic rings. The van der Waals surface area contributed by atoms with Crippen LogP contribution in [0.4, 0.5) is 0 Å². The zero-order chi connectivity index (χ0) is 15.5. The number of aromatic hydroxyl groups is 2.